The van der Waals surface area contributed by atoms with Gasteiger partial charge in [-0.05, 0) is 43.0 Å². The van der Waals surface area contributed by atoms with Crippen molar-refractivity contribution in [2.75, 3.05) is 5.32 Å². The number of amides is 1. The van der Waals surface area contributed by atoms with Gasteiger partial charge in [0, 0.05) is 17.3 Å². The van der Waals surface area contributed by atoms with Gasteiger partial charge in [-0.1, -0.05) is 50.2 Å². The Labute approximate surface area is 159 Å². The van der Waals surface area contributed by atoms with Crippen LogP contribution < -0.4 is 5.32 Å². The fourth-order valence-corrected chi connectivity index (χ4v) is 2.53. The van der Waals surface area contributed by atoms with Gasteiger partial charge in [0.2, 0.25) is 0 Å². The molecular weight excluding hydrogens is 345 g/mol. The maximum absolute atomic E-state index is 13.5. The standard InChI is InChI=1S/C22H24FNO3/c1-4-15(2)18-10-6-8-12-20(18)24-22(26)16(3)27-21(25)14-13-17-9-5-7-11-19(17)23/h5-16H,4H2,1-3H3,(H,24,26)/b14-13+/t15-,16+/m0/s1. The van der Waals surface area contributed by atoms with Crippen LogP contribution in [-0.4, -0.2) is 18.0 Å². The zero-order chi connectivity index (χ0) is 19.8. The Kier molecular flexibility index (Phi) is 7.29. The van der Waals surface area contributed by atoms with Gasteiger partial charge < -0.3 is 10.1 Å². The Bertz CT molecular complexity index is 832. The van der Waals surface area contributed by atoms with Gasteiger partial charge in [-0.3, -0.25) is 4.79 Å². The van der Waals surface area contributed by atoms with Crippen molar-refractivity contribution in [1.82, 2.24) is 0 Å². The number of hydrogen-bond donors (Lipinski definition) is 1. The van der Waals surface area contributed by atoms with Crippen LogP contribution >= 0.6 is 0 Å². The van der Waals surface area contributed by atoms with E-state index in [1.807, 2.05) is 24.3 Å². The Hall–Kier alpha value is -2.95. The summed E-state index contributed by atoms with van der Waals surface area (Å²) >= 11 is 0. The van der Waals surface area contributed by atoms with Crippen LogP contribution in [-0.2, 0) is 14.3 Å². The third kappa shape index (κ3) is 5.78. The molecule has 0 saturated carbocycles. The third-order valence-corrected chi connectivity index (χ3v) is 4.33. The fourth-order valence-electron chi connectivity index (χ4n) is 2.53. The number of benzene rings is 2. The highest BCUT2D eigenvalue weighted by atomic mass is 19.1. The molecule has 0 spiro atoms. The second-order valence-corrected chi connectivity index (χ2v) is 6.32. The summed E-state index contributed by atoms with van der Waals surface area (Å²) in [6.07, 6.45) is 2.39. The molecule has 2 aromatic carbocycles. The molecule has 142 valence electrons. The lowest BCUT2D eigenvalue weighted by atomic mass is 9.97. The van der Waals surface area contributed by atoms with Crippen LogP contribution in [0.25, 0.3) is 6.08 Å². The summed E-state index contributed by atoms with van der Waals surface area (Å²) in [4.78, 5) is 24.3. The number of hydrogen-bond acceptors (Lipinski definition) is 3. The van der Waals surface area contributed by atoms with Crippen LogP contribution in [0.15, 0.2) is 54.6 Å². The summed E-state index contributed by atoms with van der Waals surface area (Å²) in [6.45, 7) is 5.66. The molecule has 0 heterocycles. The summed E-state index contributed by atoms with van der Waals surface area (Å²) in [7, 11) is 0. The third-order valence-electron chi connectivity index (χ3n) is 4.33. The molecule has 0 radical (unpaired) electrons. The Morgan fingerprint density at radius 3 is 2.48 bits per heavy atom. The lowest BCUT2D eigenvalue weighted by Gasteiger charge is -2.17. The number of carbonyl (C=O) groups is 2. The van der Waals surface area contributed by atoms with E-state index >= 15 is 0 Å². The van der Waals surface area contributed by atoms with Crippen LogP contribution in [0.4, 0.5) is 10.1 Å². The fraction of sp³-hybridized carbons (Fsp3) is 0.273. The minimum absolute atomic E-state index is 0.272. The van der Waals surface area contributed by atoms with Gasteiger partial charge in [0.25, 0.3) is 5.91 Å². The Morgan fingerprint density at radius 1 is 1.11 bits per heavy atom. The number of para-hydroxylation sites is 1. The zero-order valence-electron chi connectivity index (χ0n) is 15.7. The smallest absolute Gasteiger partial charge is 0.331 e. The molecule has 0 aliphatic heterocycles. The highest BCUT2D eigenvalue weighted by molar-refractivity contribution is 5.97. The van der Waals surface area contributed by atoms with Gasteiger partial charge in [-0.15, -0.1) is 0 Å². The highest BCUT2D eigenvalue weighted by Gasteiger charge is 2.18. The number of carbonyl (C=O) groups excluding carboxylic acids is 2. The normalized spacial score (nSPS) is 13.2. The van der Waals surface area contributed by atoms with E-state index in [1.54, 1.807) is 18.2 Å². The van der Waals surface area contributed by atoms with E-state index in [9.17, 15) is 14.0 Å². The first-order chi connectivity index (χ1) is 12.9. The Balaban J connectivity index is 1.98. The first-order valence-electron chi connectivity index (χ1n) is 8.95. The average molecular weight is 369 g/mol. The minimum atomic E-state index is -0.979. The van der Waals surface area contributed by atoms with Crippen LogP contribution in [0.5, 0.6) is 0 Å². The zero-order valence-corrected chi connectivity index (χ0v) is 15.7. The molecule has 4 nitrogen and oxygen atoms in total. The average Bonchev–Trinajstić information content (AvgIpc) is 2.67. The molecule has 0 saturated heterocycles. The largest absolute Gasteiger partial charge is 0.449 e. The second kappa shape index (κ2) is 9.67. The van der Waals surface area contributed by atoms with Crippen molar-refractivity contribution < 1.29 is 18.7 Å². The molecule has 0 aromatic heterocycles. The van der Waals surface area contributed by atoms with E-state index in [2.05, 4.69) is 19.2 Å². The minimum Gasteiger partial charge on any atom is -0.449 e. The summed E-state index contributed by atoms with van der Waals surface area (Å²) in [5.41, 5.74) is 2.02. The van der Waals surface area contributed by atoms with Crippen molar-refractivity contribution in [3.8, 4) is 0 Å². The first-order valence-corrected chi connectivity index (χ1v) is 8.95. The molecule has 2 aromatic rings. The van der Waals surface area contributed by atoms with Gasteiger partial charge in [-0.25, -0.2) is 9.18 Å². The maximum Gasteiger partial charge on any atom is 0.331 e. The van der Waals surface area contributed by atoms with E-state index in [0.29, 0.717) is 11.6 Å². The van der Waals surface area contributed by atoms with E-state index in [4.69, 9.17) is 4.74 Å². The number of ether oxygens (including phenoxy) is 1. The van der Waals surface area contributed by atoms with Crippen LogP contribution in [0, 0.1) is 5.82 Å². The monoisotopic (exact) mass is 369 g/mol. The molecule has 0 fully saturated rings. The van der Waals surface area contributed by atoms with E-state index < -0.39 is 23.8 Å². The molecule has 2 atom stereocenters. The second-order valence-electron chi connectivity index (χ2n) is 6.32. The van der Waals surface area contributed by atoms with Gasteiger partial charge in [0.05, 0.1) is 0 Å². The summed E-state index contributed by atoms with van der Waals surface area (Å²) < 4.78 is 18.7. The van der Waals surface area contributed by atoms with E-state index in [0.717, 1.165) is 18.1 Å². The van der Waals surface area contributed by atoms with Crippen molar-refractivity contribution in [3.05, 3.63) is 71.6 Å². The number of esters is 1. The molecule has 5 heteroatoms. The predicted octanol–water partition coefficient (Wildman–Crippen LogP) is 4.92. The van der Waals surface area contributed by atoms with Crippen LogP contribution in [0.1, 0.15) is 44.2 Å². The highest BCUT2D eigenvalue weighted by Crippen LogP contribution is 2.26. The molecule has 2 rings (SSSR count). The van der Waals surface area contributed by atoms with Crippen LogP contribution in [0.2, 0.25) is 0 Å². The van der Waals surface area contributed by atoms with Gasteiger partial charge in [0.15, 0.2) is 6.10 Å². The first kappa shape index (κ1) is 20.4. The molecular formula is C22H24FNO3. The number of halogens is 1. The molecule has 0 aliphatic rings. The van der Waals surface area contributed by atoms with Gasteiger partial charge in [-0.2, -0.15) is 0 Å². The SMILES string of the molecule is CC[C@H](C)c1ccccc1NC(=O)[C@@H](C)OC(=O)/C=C/c1ccccc1F. The van der Waals surface area contributed by atoms with Crippen molar-refractivity contribution in [3.63, 3.8) is 0 Å². The summed E-state index contributed by atoms with van der Waals surface area (Å²) in [5, 5.41) is 2.81. The lowest BCUT2D eigenvalue weighted by Crippen LogP contribution is -2.29. The van der Waals surface area contributed by atoms with Gasteiger partial charge >= 0.3 is 5.97 Å². The maximum atomic E-state index is 13.5. The number of nitrogens with one attached hydrogen (secondary N) is 1. The molecule has 0 bridgehead atoms. The molecule has 0 unspecified atom stereocenters. The van der Waals surface area contributed by atoms with Crippen molar-refractivity contribution in [2.45, 2.75) is 39.2 Å². The topological polar surface area (TPSA) is 55.4 Å². The lowest BCUT2D eigenvalue weighted by molar-refractivity contribution is -0.148. The van der Waals surface area contributed by atoms with Crippen LogP contribution in [0.3, 0.4) is 0 Å². The quantitative estimate of drug-likeness (QED) is 0.556. The molecule has 27 heavy (non-hydrogen) atoms. The van der Waals surface area contributed by atoms with Crippen molar-refractivity contribution in [2.24, 2.45) is 0 Å². The summed E-state index contributed by atoms with van der Waals surface area (Å²) in [6, 6.07) is 13.6. The van der Waals surface area contributed by atoms with Crippen molar-refractivity contribution >= 4 is 23.6 Å². The molecule has 1 amide bonds. The van der Waals surface area contributed by atoms with E-state index in [1.165, 1.54) is 19.1 Å². The Morgan fingerprint density at radius 2 is 1.78 bits per heavy atom. The number of rotatable bonds is 7. The molecule has 0 aliphatic carbocycles. The predicted molar refractivity (Wildman–Crippen MR) is 105 cm³/mol. The van der Waals surface area contributed by atoms with E-state index in [-0.39, 0.29) is 5.56 Å². The van der Waals surface area contributed by atoms with Gasteiger partial charge in [0.1, 0.15) is 5.82 Å². The molecule has 1 N–H and O–H groups in total. The summed E-state index contributed by atoms with van der Waals surface area (Å²) in [5.74, 6) is -1.27. The number of anilines is 1. The van der Waals surface area contributed by atoms with Crippen molar-refractivity contribution in [1.29, 1.82) is 0 Å².